The van der Waals surface area contributed by atoms with Crippen LogP contribution in [0.2, 0.25) is 0 Å². The number of fused-ring (bicyclic) bond motifs is 1. The molecule has 1 N–H and O–H groups in total. The number of carboxylic acids is 1. The Bertz CT molecular complexity index is 1290. The number of hydrogen-bond donors (Lipinski definition) is 1. The largest absolute Gasteiger partial charge is 0.497 e. The van der Waals surface area contributed by atoms with Gasteiger partial charge in [-0.05, 0) is 94.4 Å². The summed E-state index contributed by atoms with van der Waals surface area (Å²) >= 11 is 0. The summed E-state index contributed by atoms with van der Waals surface area (Å²) in [5.74, 6) is -3.09. The number of halogens is 4. The topological polar surface area (TPSA) is 62.7 Å². The molecule has 0 amide bonds. The van der Waals surface area contributed by atoms with Crippen molar-refractivity contribution in [1.82, 2.24) is 9.88 Å². The van der Waals surface area contributed by atoms with E-state index in [1.54, 1.807) is 38.4 Å². The second-order valence-corrected chi connectivity index (χ2v) is 10.1. The predicted molar refractivity (Wildman–Crippen MR) is 136 cm³/mol. The van der Waals surface area contributed by atoms with Crippen LogP contribution in [0.5, 0.6) is 5.75 Å². The van der Waals surface area contributed by atoms with Crippen LogP contribution < -0.4 is 4.74 Å². The number of aromatic nitrogens is 1. The predicted octanol–water partition coefficient (Wildman–Crippen LogP) is 6.56. The molecule has 2 aromatic carbocycles. The number of aliphatic carboxylic acids is 1. The number of hydrogen-bond acceptors (Lipinski definition) is 4. The molecule has 4 rings (SSSR count). The average molecular weight is 533 g/mol. The van der Waals surface area contributed by atoms with Crippen LogP contribution in [-0.4, -0.2) is 47.7 Å². The molecule has 38 heavy (non-hydrogen) atoms. The van der Waals surface area contributed by atoms with Crippen molar-refractivity contribution < 1.29 is 32.2 Å². The van der Waals surface area contributed by atoms with Crippen LogP contribution in [0, 0.1) is 29.8 Å². The molecule has 0 saturated carbocycles. The Balaban J connectivity index is 1.37. The molecule has 1 atom stereocenters. The van der Waals surface area contributed by atoms with Crippen molar-refractivity contribution in [2.24, 2.45) is 5.41 Å². The molecule has 1 fully saturated rings. The molecule has 3 aromatic rings. The summed E-state index contributed by atoms with van der Waals surface area (Å²) < 4.78 is 61.9. The Morgan fingerprint density at radius 1 is 1.16 bits per heavy atom. The molecule has 204 valence electrons. The molecule has 1 aromatic heterocycles. The smallest absolute Gasteiger partial charge is 0.309 e. The van der Waals surface area contributed by atoms with Gasteiger partial charge >= 0.3 is 5.97 Å². The Morgan fingerprint density at radius 3 is 2.47 bits per heavy atom. The van der Waals surface area contributed by atoms with Gasteiger partial charge in [-0.25, -0.2) is 17.6 Å². The van der Waals surface area contributed by atoms with Gasteiger partial charge in [0.2, 0.25) is 0 Å². The van der Waals surface area contributed by atoms with E-state index in [-0.39, 0.29) is 24.8 Å². The molecule has 1 aliphatic rings. The maximum atomic E-state index is 15.7. The SMILES string of the molecule is COc1ccc2ncc(C)c([C@H](F)CCC3(C(=O)O)CCN(CCCc4c(F)cc(F)cc4F)CC3)c2c1. The second kappa shape index (κ2) is 11.7. The first-order chi connectivity index (χ1) is 18.1. The number of pyridine rings is 1. The van der Waals surface area contributed by atoms with E-state index >= 15 is 4.39 Å². The van der Waals surface area contributed by atoms with Gasteiger partial charge in [-0.1, -0.05) is 0 Å². The zero-order valence-electron chi connectivity index (χ0n) is 21.6. The third-order valence-electron chi connectivity index (χ3n) is 7.78. The maximum Gasteiger partial charge on any atom is 0.309 e. The molecule has 0 bridgehead atoms. The van der Waals surface area contributed by atoms with Crippen LogP contribution in [0.3, 0.4) is 0 Å². The number of ether oxygens (including phenoxy) is 1. The fourth-order valence-electron chi connectivity index (χ4n) is 5.45. The Kier molecular flexibility index (Phi) is 8.55. The quantitative estimate of drug-likeness (QED) is 0.300. The third kappa shape index (κ3) is 5.93. The van der Waals surface area contributed by atoms with Crippen molar-refractivity contribution in [3.8, 4) is 5.75 Å². The minimum atomic E-state index is -1.36. The van der Waals surface area contributed by atoms with Crippen LogP contribution in [0.4, 0.5) is 17.6 Å². The van der Waals surface area contributed by atoms with E-state index < -0.39 is 35.0 Å². The summed E-state index contributed by atoms with van der Waals surface area (Å²) in [5.41, 5.74) is 0.674. The number of alkyl halides is 1. The number of piperidine rings is 1. The number of carboxylic acid groups (broad SMARTS) is 1. The number of rotatable bonds is 10. The average Bonchev–Trinajstić information content (AvgIpc) is 2.89. The minimum absolute atomic E-state index is 0.0621. The van der Waals surface area contributed by atoms with Gasteiger partial charge in [-0.15, -0.1) is 0 Å². The van der Waals surface area contributed by atoms with E-state index in [0.717, 1.165) is 0 Å². The van der Waals surface area contributed by atoms with Crippen molar-refractivity contribution in [1.29, 1.82) is 0 Å². The first-order valence-electron chi connectivity index (χ1n) is 12.8. The van der Waals surface area contributed by atoms with Gasteiger partial charge in [-0.3, -0.25) is 9.78 Å². The van der Waals surface area contributed by atoms with Gasteiger partial charge in [-0.2, -0.15) is 0 Å². The molecule has 1 aliphatic heterocycles. The van der Waals surface area contributed by atoms with E-state index in [2.05, 4.69) is 9.88 Å². The summed E-state index contributed by atoms with van der Waals surface area (Å²) in [4.78, 5) is 18.7. The van der Waals surface area contributed by atoms with Crippen molar-refractivity contribution in [2.75, 3.05) is 26.7 Å². The lowest BCUT2D eigenvalue weighted by atomic mass is 9.74. The first kappa shape index (κ1) is 27.8. The van der Waals surface area contributed by atoms with Gasteiger partial charge in [0.25, 0.3) is 0 Å². The second-order valence-electron chi connectivity index (χ2n) is 10.1. The fourth-order valence-corrected chi connectivity index (χ4v) is 5.45. The maximum absolute atomic E-state index is 15.7. The number of nitrogens with zero attached hydrogens (tertiary/aromatic N) is 2. The fraction of sp³-hybridized carbons (Fsp3) is 0.448. The van der Waals surface area contributed by atoms with Crippen LogP contribution in [0.25, 0.3) is 10.9 Å². The zero-order valence-corrected chi connectivity index (χ0v) is 21.6. The molecule has 9 heteroatoms. The lowest BCUT2D eigenvalue weighted by Crippen LogP contribution is -2.44. The molecule has 0 radical (unpaired) electrons. The van der Waals surface area contributed by atoms with E-state index in [1.807, 2.05) is 0 Å². The third-order valence-corrected chi connectivity index (χ3v) is 7.78. The molecule has 5 nitrogen and oxygen atoms in total. The van der Waals surface area contributed by atoms with Crippen LogP contribution >= 0.6 is 0 Å². The number of aryl methyl sites for hydroxylation is 1. The molecule has 0 aliphatic carbocycles. The summed E-state index contributed by atoms with van der Waals surface area (Å²) in [6.07, 6.45) is 1.81. The molecular formula is C29H32F4N2O3. The lowest BCUT2D eigenvalue weighted by molar-refractivity contribution is -0.153. The molecule has 0 unspecified atom stereocenters. The van der Waals surface area contributed by atoms with Crippen molar-refractivity contribution in [2.45, 2.75) is 51.6 Å². The first-order valence-corrected chi connectivity index (χ1v) is 12.8. The Labute approximate surface area is 219 Å². The highest BCUT2D eigenvalue weighted by atomic mass is 19.1. The van der Waals surface area contributed by atoms with Crippen LogP contribution in [0.15, 0.2) is 36.5 Å². The molecular weight excluding hydrogens is 500 g/mol. The highest BCUT2D eigenvalue weighted by Gasteiger charge is 2.41. The van der Waals surface area contributed by atoms with E-state index in [1.165, 1.54) is 0 Å². The van der Waals surface area contributed by atoms with Gasteiger partial charge in [0.15, 0.2) is 0 Å². The normalized spacial score (nSPS) is 16.5. The van der Waals surface area contributed by atoms with Gasteiger partial charge in [0.1, 0.15) is 29.4 Å². The van der Waals surface area contributed by atoms with Gasteiger partial charge < -0.3 is 14.7 Å². The zero-order chi connectivity index (χ0) is 27.4. The molecule has 0 spiro atoms. The summed E-state index contributed by atoms with van der Waals surface area (Å²) in [7, 11) is 1.54. The molecule has 1 saturated heterocycles. The van der Waals surface area contributed by atoms with E-state index in [0.29, 0.717) is 78.8 Å². The van der Waals surface area contributed by atoms with Crippen LogP contribution in [0.1, 0.15) is 55.0 Å². The van der Waals surface area contributed by atoms with Crippen molar-refractivity contribution >= 4 is 16.9 Å². The van der Waals surface area contributed by atoms with E-state index in [4.69, 9.17) is 4.74 Å². The minimum Gasteiger partial charge on any atom is -0.497 e. The highest BCUT2D eigenvalue weighted by Crippen LogP contribution is 2.41. The van der Waals surface area contributed by atoms with Crippen molar-refractivity contribution in [3.63, 3.8) is 0 Å². The highest BCUT2D eigenvalue weighted by molar-refractivity contribution is 5.85. The lowest BCUT2D eigenvalue weighted by Gasteiger charge is -2.39. The Hall–Kier alpha value is -3.20. The monoisotopic (exact) mass is 532 g/mol. The number of benzene rings is 2. The van der Waals surface area contributed by atoms with Gasteiger partial charge in [0.05, 0.1) is 18.0 Å². The summed E-state index contributed by atoms with van der Waals surface area (Å²) in [6, 6.07) is 6.64. The number of likely N-dealkylation sites (tertiary alicyclic amines) is 1. The molecule has 2 heterocycles. The van der Waals surface area contributed by atoms with Gasteiger partial charge in [0, 0.05) is 29.3 Å². The number of methoxy groups -OCH3 is 1. The summed E-state index contributed by atoms with van der Waals surface area (Å²) in [5, 5.41) is 10.7. The van der Waals surface area contributed by atoms with Crippen molar-refractivity contribution in [3.05, 3.63) is 70.7 Å². The Morgan fingerprint density at radius 2 is 1.84 bits per heavy atom. The number of carbonyl (C=O) groups is 1. The summed E-state index contributed by atoms with van der Waals surface area (Å²) in [6.45, 7) is 3.31. The standard InChI is InChI=1S/C29H32F4N2O3/c1-18-17-34-26-6-5-20(38-2)16-22(26)27(18)23(31)7-8-29(28(36)37)9-12-35(13-10-29)11-3-4-21-24(32)14-19(30)15-25(21)33/h5-6,14-17,23H,3-4,7-13H2,1-2H3,(H,36,37)/t23-/m1/s1. The van der Waals surface area contributed by atoms with E-state index in [9.17, 15) is 23.1 Å². The van der Waals surface area contributed by atoms with Crippen LogP contribution in [-0.2, 0) is 11.2 Å².